The lowest BCUT2D eigenvalue weighted by Gasteiger charge is -2.34. The number of nitrogens with one attached hydrogen (secondary N) is 2. The Morgan fingerprint density at radius 2 is 2.03 bits per heavy atom. The van der Waals surface area contributed by atoms with Crippen LogP contribution < -0.4 is 21.7 Å². The van der Waals surface area contributed by atoms with Gasteiger partial charge in [0.2, 0.25) is 0 Å². The van der Waals surface area contributed by atoms with Crippen molar-refractivity contribution in [1.82, 2.24) is 10.1 Å². The van der Waals surface area contributed by atoms with Crippen LogP contribution in [0, 0.1) is 0 Å². The van der Waals surface area contributed by atoms with E-state index in [2.05, 4.69) is 20.0 Å². The number of morpholine rings is 1. The lowest BCUT2D eigenvalue weighted by Crippen LogP contribution is -2.55. The Morgan fingerprint density at radius 1 is 1.26 bits per heavy atom. The maximum atomic E-state index is 12.8. The van der Waals surface area contributed by atoms with Crippen LogP contribution in [-0.4, -0.2) is 52.4 Å². The first-order chi connectivity index (χ1) is 14.9. The summed E-state index contributed by atoms with van der Waals surface area (Å²) in [5.41, 5.74) is 7.76. The molecule has 0 unspecified atom stereocenters. The lowest BCUT2D eigenvalue weighted by atomic mass is 10.1. The highest BCUT2D eigenvalue weighted by Gasteiger charge is 2.39. The molecule has 31 heavy (non-hydrogen) atoms. The van der Waals surface area contributed by atoms with Gasteiger partial charge in [-0.25, -0.2) is 4.79 Å². The number of aliphatic hydroxyl groups excluding tert-OH is 1. The summed E-state index contributed by atoms with van der Waals surface area (Å²) in [6, 6.07) is 13.1. The highest BCUT2D eigenvalue weighted by atomic mass is 16.5. The van der Waals surface area contributed by atoms with Gasteiger partial charge in [-0.05, 0) is 42.5 Å². The number of carbonyl (C=O) groups excluding carboxylic acids is 2. The number of nitrogens with two attached hydrogens (primary N) is 1. The number of anilines is 3. The van der Waals surface area contributed by atoms with Crippen LogP contribution in [0.1, 0.15) is 0 Å². The normalized spacial score (nSPS) is 17.4. The molecule has 11 nitrogen and oxygen atoms in total. The molecule has 0 spiro atoms. The topological polar surface area (TPSA) is 164 Å². The zero-order valence-corrected chi connectivity index (χ0v) is 16.1. The molecule has 1 aliphatic heterocycles. The van der Waals surface area contributed by atoms with Crippen molar-refractivity contribution in [3.8, 4) is 11.4 Å². The quantitative estimate of drug-likeness (QED) is 0.425. The number of ether oxygens (including phenoxy) is 1. The second kappa shape index (κ2) is 8.42. The SMILES string of the molecule is Nc1cccc(N2CCO[C@H]([C@@H](O)C(=O)Nc3ccc(-c4noc(=O)[nH]4)cc3)C2=O)c1. The van der Waals surface area contributed by atoms with Crippen LogP contribution in [0.3, 0.4) is 0 Å². The smallest absolute Gasteiger partial charge is 0.399 e. The zero-order valence-electron chi connectivity index (χ0n) is 16.1. The van der Waals surface area contributed by atoms with E-state index in [9.17, 15) is 19.5 Å². The summed E-state index contributed by atoms with van der Waals surface area (Å²) in [5.74, 6) is -1.77. The van der Waals surface area contributed by atoms with Gasteiger partial charge in [-0.1, -0.05) is 11.2 Å². The van der Waals surface area contributed by atoms with Gasteiger partial charge >= 0.3 is 5.76 Å². The number of aromatic amines is 1. The minimum absolute atomic E-state index is 0.153. The third-order valence-electron chi connectivity index (χ3n) is 4.73. The van der Waals surface area contributed by atoms with E-state index in [0.29, 0.717) is 22.6 Å². The Morgan fingerprint density at radius 3 is 2.71 bits per heavy atom. The number of hydrogen-bond donors (Lipinski definition) is 4. The Kier molecular flexibility index (Phi) is 5.52. The Balaban J connectivity index is 1.43. The van der Waals surface area contributed by atoms with Crippen LogP contribution in [0.4, 0.5) is 17.1 Å². The number of hydrogen-bond acceptors (Lipinski definition) is 8. The molecule has 0 radical (unpaired) electrons. The van der Waals surface area contributed by atoms with E-state index in [1.54, 1.807) is 48.5 Å². The molecule has 160 valence electrons. The van der Waals surface area contributed by atoms with Crippen molar-refractivity contribution in [2.45, 2.75) is 12.2 Å². The van der Waals surface area contributed by atoms with Crippen LogP contribution in [-0.2, 0) is 14.3 Å². The molecule has 1 aliphatic rings. The second-order valence-corrected chi connectivity index (χ2v) is 6.83. The third-order valence-corrected chi connectivity index (χ3v) is 4.73. The third kappa shape index (κ3) is 4.32. The van der Waals surface area contributed by atoms with Crippen molar-refractivity contribution in [2.75, 3.05) is 29.1 Å². The van der Waals surface area contributed by atoms with Crippen molar-refractivity contribution >= 4 is 28.9 Å². The molecule has 0 bridgehead atoms. The number of rotatable bonds is 5. The number of carbonyl (C=O) groups is 2. The molecular weight excluding hydrogens is 406 g/mol. The van der Waals surface area contributed by atoms with Gasteiger partial charge < -0.3 is 25.8 Å². The first kappa shape index (κ1) is 20.3. The number of amides is 2. The summed E-state index contributed by atoms with van der Waals surface area (Å²) in [7, 11) is 0. The van der Waals surface area contributed by atoms with E-state index < -0.39 is 29.8 Å². The fourth-order valence-electron chi connectivity index (χ4n) is 3.20. The van der Waals surface area contributed by atoms with Crippen molar-refractivity contribution in [1.29, 1.82) is 0 Å². The molecule has 3 aromatic rings. The maximum Gasteiger partial charge on any atom is 0.439 e. The lowest BCUT2D eigenvalue weighted by molar-refractivity contribution is -0.150. The van der Waals surface area contributed by atoms with Gasteiger partial charge in [0, 0.05) is 29.2 Å². The summed E-state index contributed by atoms with van der Waals surface area (Å²) in [6.45, 7) is 0.429. The van der Waals surface area contributed by atoms with E-state index in [1.165, 1.54) is 4.90 Å². The molecule has 4 rings (SSSR count). The van der Waals surface area contributed by atoms with Crippen LogP contribution in [0.5, 0.6) is 0 Å². The van der Waals surface area contributed by atoms with Crippen LogP contribution in [0.2, 0.25) is 0 Å². The molecular formula is C20H19N5O6. The van der Waals surface area contributed by atoms with Gasteiger partial charge in [-0.2, -0.15) is 0 Å². The summed E-state index contributed by atoms with van der Waals surface area (Å²) in [4.78, 5) is 40.2. The number of nitrogen functional groups attached to an aromatic ring is 1. The highest BCUT2D eigenvalue weighted by molar-refractivity contribution is 6.04. The standard InChI is InChI=1S/C20H19N5O6/c21-12-2-1-3-14(10-12)25-8-9-30-16(19(25)28)15(26)18(27)22-13-6-4-11(5-7-13)17-23-20(29)31-24-17/h1-7,10,15-16,26H,8-9,21H2,(H,22,27)(H,23,24,29)/t15-,16-/m1/s1. The molecule has 2 heterocycles. The summed E-state index contributed by atoms with van der Waals surface area (Å²) >= 11 is 0. The molecule has 5 N–H and O–H groups in total. The number of nitrogens with zero attached hydrogens (tertiary/aromatic N) is 2. The Labute approximate surface area is 175 Å². The monoisotopic (exact) mass is 425 g/mol. The molecule has 1 fully saturated rings. The van der Waals surface area contributed by atoms with Crippen molar-refractivity contribution in [3.05, 3.63) is 59.1 Å². The summed E-state index contributed by atoms with van der Waals surface area (Å²) in [5, 5.41) is 16.6. The van der Waals surface area contributed by atoms with E-state index in [0.717, 1.165) is 0 Å². The van der Waals surface area contributed by atoms with Crippen LogP contribution >= 0.6 is 0 Å². The van der Waals surface area contributed by atoms with E-state index >= 15 is 0 Å². The number of aromatic nitrogens is 2. The summed E-state index contributed by atoms with van der Waals surface area (Å²) in [6.07, 6.45) is -3.07. The molecule has 11 heteroatoms. The van der Waals surface area contributed by atoms with E-state index in [1.807, 2.05) is 0 Å². The number of H-pyrrole nitrogens is 1. The fraction of sp³-hybridized carbons (Fsp3) is 0.200. The van der Waals surface area contributed by atoms with E-state index in [-0.39, 0.29) is 19.0 Å². The van der Waals surface area contributed by atoms with Gasteiger partial charge in [-0.3, -0.25) is 19.1 Å². The van der Waals surface area contributed by atoms with Gasteiger partial charge in [0.25, 0.3) is 11.8 Å². The van der Waals surface area contributed by atoms with Gasteiger partial charge in [0.15, 0.2) is 18.0 Å². The fourth-order valence-corrected chi connectivity index (χ4v) is 3.20. The molecule has 2 aromatic carbocycles. The van der Waals surface area contributed by atoms with Crippen molar-refractivity contribution in [2.24, 2.45) is 0 Å². The zero-order chi connectivity index (χ0) is 22.0. The molecule has 2 amide bonds. The number of benzene rings is 2. The minimum Gasteiger partial charge on any atom is -0.399 e. The number of aliphatic hydroxyl groups is 1. The first-order valence-electron chi connectivity index (χ1n) is 9.36. The highest BCUT2D eigenvalue weighted by Crippen LogP contribution is 2.23. The largest absolute Gasteiger partial charge is 0.439 e. The first-order valence-corrected chi connectivity index (χ1v) is 9.36. The molecule has 0 saturated carbocycles. The maximum absolute atomic E-state index is 12.8. The van der Waals surface area contributed by atoms with Gasteiger partial charge in [0.1, 0.15) is 0 Å². The average Bonchev–Trinajstić information content (AvgIpc) is 3.20. The molecule has 2 atom stereocenters. The predicted molar refractivity (Wildman–Crippen MR) is 110 cm³/mol. The van der Waals surface area contributed by atoms with Crippen LogP contribution in [0.15, 0.2) is 57.8 Å². The second-order valence-electron chi connectivity index (χ2n) is 6.83. The molecule has 1 aromatic heterocycles. The molecule has 1 saturated heterocycles. The van der Waals surface area contributed by atoms with E-state index in [4.69, 9.17) is 10.5 Å². The minimum atomic E-state index is -1.72. The van der Waals surface area contributed by atoms with Crippen LogP contribution in [0.25, 0.3) is 11.4 Å². The van der Waals surface area contributed by atoms with Crippen molar-refractivity contribution in [3.63, 3.8) is 0 Å². The Bertz CT molecular complexity index is 1160. The Hall–Kier alpha value is -3.96. The molecule has 0 aliphatic carbocycles. The van der Waals surface area contributed by atoms with Gasteiger partial charge in [-0.15, -0.1) is 0 Å². The van der Waals surface area contributed by atoms with Gasteiger partial charge in [0.05, 0.1) is 6.61 Å². The summed E-state index contributed by atoms with van der Waals surface area (Å²) < 4.78 is 9.84. The predicted octanol–water partition coefficient (Wildman–Crippen LogP) is 0.343. The van der Waals surface area contributed by atoms with Crippen molar-refractivity contribution < 1.29 is 24.0 Å². The average molecular weight is 425 g/mol.